The number of nitro groups is 1. The highest BCUT2D eigenvalue weighted by Crippen LogP contribution is 2.18. The SMILES string of the molecule is NNC(=O)OCc1ccccc1[N+](=O)[O-]. The summed E-state index contributed by atoms with van der Waals surface area (Å²) in [5.41, 5.74) is 1.97. The molecule has 15 heavy (non-hydrogen) atoms. The van der Waals surface area contributed by atoms with Crippen molar-refractivity contribution < 1.29 is 14.5 Å². The van der Waals surface area contributed by atoms with Gasteiger partial charge in [-0.2, -0.15) is 0 Å². The Kier molecular flexibility index (Phi) is 3.58. The number of benzene rings is 1. The molecule has 0 atom stereocenters. The van der Waals surface area contributed by atoms with Crippen molar-refractivity contribution in [3.8, 4) is 0 Å². The molecule has 80 valence electrons. The molecule has 1 aromatic carbocycles. The molecule has 0 saturated heterocycles. The Hall–Kier alpha value is -2.15. The van der Waals surface area contributed by atoms with Crippen LogP contribution in [-0.2, 0) is 11.3 Å². The number of hydrazine groups is 1. The van der Waals surface area contributed by atoms with Crippen LogP contribution in [0.3, 0.4) is 0 Å². The van der Waals surface area contributed by atoms with E-state index in [1.165, 1.54) is 18.2 Å². The van der Waals surface area contributed by atoms with Gasteiger partial charge in [-0.15, -0.1) is 0 Å². The number of nitrogens with one attached hydrogen (secondary N) is 1. The zero-order valence-corrected chi connectivity index (χ0v) is 7.67. The van der Waals surface area contributed by atoms with Gasteiger partial charge in [0, 0.05) is 6.07 Å². The van der Waals surface area contributed by atoms with Crippen LogP contribution in [0.25, 0.3) is 0 Å². The lowest BCUT2D eigenvalue weighted by Crippen LogP contribution is -2.30. The van der Waals surface area contributed by atoms with Gasteiger partial charge in [0.1, 0.15) is 6.61 Å². The molecule has 0 aliphatic carbocycles. The Labute approximate surface area is 84.9 Å². The van der Waals surface area contributed by atoms with Gasteiger partial charge in [-0.3, -0.25) is 15.5 Å². The van der Waals surface area contributed by atoms with Crippen LogP contribution in [-0.4, -0.2) is 11.0 Å². The van der Waals surface area contributed by atoms with E-state index >= 15 is 0 Å². The van der Waals surface area contributed by atoms with Crippen molar-refractivity contribution in [3.63, 3.8) is 0 Å². The van der Waals surface area contributed by atoms with Gasteiger partial charge in [0.25, 0.3) is 5.69 Å². The van der Waals surface area contributed by atoms with E-state index in [9.17, 15) is 14.9 Å². The molecule has 0 bridgehead atoms. The molecule has 0 saturated carbocycles. The van der Waals surface area contributed by atoms with Crippen LogP contribution in [0.1, 0.15) is 5.56 Å². The fourth-order valence-corrected chi connectivity index (χ4v) is 0.996. The number of ether oxygens (including phenoxy) is 1. The standard InChI is InChI=1S/C8H9N3O4/c9-10-8(12)15-5-6-3-1-2-4-7(6)11(13)14/h1-4H,5,9H2,(H,10,12). The molecule has 1 rings (SSSR count). The predicted octanol–water partition coefficient (Wildman–Crippen LogP) is 0.695. The van der Waals surface area contributed by atoms with Crippen LogP contribution in [0.4, 0.5) is 10.5 Å². The third kappa shape index (κ3) is 2.92. The lowest BCUT2D eigenvalue weighted by molar-refractivity contribution is -0.385. The number of carbonyl (C=O) groups excluding carboxylic acids is 1. The minimum atomic E-state index is -0.840. The van der Waals surface area contributed by atoms with E-state index in [1.807, 2.05) is 0 Å². The van der Waals surface area contributed by atoms with Gasteiger partial charge >= 0.3 is 6.09 Å². The number of para-hydroxylation sites is 1. The molecule has 0 unspecified atom stereocenters. The highest BCUT2D eigenvalue weighted by Gasteiger charge is 2.13. The summed E-state index contributed by atoms with van der Waals surface area (Å²) >= 11 is 0. The van der Waals surface area contributed by atoms with Gasteiger partial charge in [0.05, 0.1) is 10.5 Å². The van der Waals surface area contributed by atoms with Crippen molar-refractivity contribution in [2.24, 2.45) is 5.84 Å². The molecule has 0 fully saturated rings. The average Bonchev–Trinajstić information content (AvgIpc) is 2.26. The Morgan fingerprint density at radius 2 is 2.20 bits per heavy atom. The van der Waals surface area contributed by atoms with Gasteiger partial charge in [-0.05, 0) is 6.07 Å². The third-order valence-corrected chi connectivity index (χ3v) is 1.66. The third-order valence-electron chi connectivity index (χ3n) is 1.66. The molecule has 0 aliphatic rings. The topological polar surface area (TPSA) is 107 Å². The first-order valence-corrected chi connectivity index (χ1v) is 4.01. The molecule has 1 amide bonds. The number of hydrogen-bond acceptors (Lipinski definition) is 5. The molecular formula is C8H9N3O4. The fraction of sp³-hybridized carbons (Fsp3) is 0.125. The van der Waals surface area contributed by atoms with E-state index in [4.69, 9.17) is 5.84 Å². The van der Waals surface area contributed by atoms with E-state index in [0.717, 1.165) is 0 Å². The maximum Gasteiger partial charge on any atom is 0.421 e. The fourth-order valence-electron chi connectivity index (χ4n) is 0.996. The Bertz CT molecular complexity index is 380. The van der Waals surface area contributed by atoms with Gasteiger partial charge in [-0.1, -0.05) is 12.1 Å². The number of hydrogen-bond donors (Lipinski definition) is 2. The molecule has 7 heteroatoms. The Morgan fingerprint density at radius 1 is 1.53 bits per heavy atom. The Morgan fingerprint density at radius 3 is 2.80 bits per heavy atom. The molecule has 0 aliphatic heterocycles. The molecule has 0 radical (unpaired) electrons. The van der Waals surface area contributed by atoms with Crippen LogP contribution in [0.15, 0.2) is 24.3 Å². The largest absolute Gasteiger partial charge is 0.443 e. The Balaban J connectivity index is 2.76. The normalized spacial score (nSPS) is 9.40. The van der Waals surface area contributed by atoms with E-state index < -0.39 is 11.0 Å². The summed E-state index contributed by atoms with van der Waals surface area (Å²) in [5, 5.41) is 10.6. The summed E-state index contributed by atoms with van der Waals surface area (Å²) in [6, 6.07) is 5.98. The minimum Gasteiger partial charge on any atom is -0.443 e. The number of nitrogens with two attached hydrogens (primary N) is 1. The molecular weight excluding hydrogens is 202 g/mol. The van der Waals surface area contributed by atoms with E-state index in [1.54, 1.807) is 11.5 Å². The van der Waals surface area contributed by atoms with Crippen molar-refractivity contribution in [1.29, 1.82) is 0 Å². The maximum absolute atomic E-state index is 10.6. The van der Waals surface area contributed by atoms with Crippen LogP contribution in [0.5, 0.6) is 0 Å². The quantitative estimate of drug-likeness (QED) is 0.331. The van der Waals surface area contributed by atoms with Gasteiger partial charge in [0.15, 0.2) is 0 Å². The van der Waals surface area contributed by atoms with E-state index in [2.05, 4.69) is 4.74 Å². The second-order valence-corrected chi connectivity index (χ2v) is 2.61. The van der Waals surface area contributed by atoms with E-state index in [-0.39, 0.29) is 12.3 Å². The maximum atomic E-state index is 10.6. The number of amides is 1. The minimum absolute atomic E-state index is 0.0951. The lowest BCUT2D eigenvalue weighted by Gasteiger charge is -2.03. The molecule has 7 nitrogen and oxygen atoms in total. The van der Waals surface area contributed by atoms with Crippen LogP contribution >= 0.6 is 0 Å². The summed E-state index contributed by atoms with van der Waals surface area (Å²) in [6.07, 6.45) is -0.840. The summed E-state index contributed by atoms with van der Waals surface area (Å²) < 4.78 is 4.59. The predicted molar refractivity (Wildman–Crippen MR) is 50.6 cm³/mol. The first-order chi connectivity index (χ1) is 7.15. The van der Waals surface area contributed by atoms with Crippen molar-refractivity contribution in [2.45, 2.75) is 6.61 Å². The molecule has 1 aromatic rings. The number of nitro benzene ring substituents is 1. The van der Waals surface area contributed by atoms with Crippen molar-refractivity contribution >= 4 is 11.8 Å². The average molecular weight is 211 g/mol. The van der Waals surface area contributed by atoms with Crippen LogP contribution in [0.2, 0.25) is 0 Å². The number of nitrogens with zero attached hydrogens (tertiary/aromatic N) is 1. The van der Waals surface area contributed by atoms with Crippen molar-refractivity contribution in [3.05, 3.63) is 39.9 Å². The lowest BCUT2D eigenvalue weighted by atomic mass is 10.2. The molecule has 0 aromatic heterocycles. The van der Waals surface area contributed by atoms with Gasteiger partial charge in [-0.25, -0.2) is 10.6 Å². The molecule has 0 spiro atoms. The van der Waals surface area contributed by atoms with Gasteiger partial charge in [0.2, 0.25) is 0 Å². The second-order valence-electron chi connectivity index (χ2n) is 2.61. The number of carbonyl (C=O) groups is 1. The van der Waals surface area contributed by atoms with Crippen molar-refractivity contribution in [2.75, 3.05) is 0 Å². The van der Waals surface area contributed by atoms with E-state index in [0.29, 0.717) is 5.56 Å². The monoisotopic (exact) mass is 211 g/mol. The van der Waals surface area contributed by atoms with Crippen molar-refractivity contribution in [1.82, 2.24) is 5.43 Å². The van der Waals surface area contributed by atoms with Gasteiger partial charge < -0.3 is 4.74 Å². The van der Waals surface area contributed by atoms with Crippen LogP contribution < -0.4 is 11.3 Å². The molecule has 0 heterocycles. The highest BCUT2D eigenvalue weighted by atomic mass is 16.6. The first-order valence-electron chi connectivity index (χ1n) is 4.01. The number of rotatable bonds is 3. The smallest absolute Gasteiger partial charge is 0.421 e. The highest BCUT2D eigenvalue weighted by molar-refractivity contribution is 5.66. The zero-order chi connectivity index (χ0) is 11.3. The summed E-state index contributed by atoms with van der Waals surface area (Å²) in [4.78, 5) is 20.7. The molecule has 3 N–H and O–H groups in total. The summed E-state index contributed by atoms with van der Waals surface area (Å²) in [5.74, 6) is 4.78. The zero-order valence-electron chi connectivity index (χ0n) is 7.67. The second kappa shape index (κ2) is 4.91. The van der Waals surface area contributed by atoms with Crippen LogP contribution in [0, 0.1) is 10.1 Å². The summed E-state index contributed by atoms with van der Waals surface area (Å²) in [7, 11) is 0. The summed E-state index contributed by atoms with van der Waals surface area (Å²) in [6.45, 7) is -0.194. The first kappa shape index (κ1) is 10.9.